The third-order valence-corrected chi connectivity index (χ3v) is 5.57. The van der Waals surface area contributed by atoms with E-state index in [1.165, 1.54) is 24.2 Å². The topological polar surface area (TPSA) is 46.5 Å². The molecule has 0 aromatic heterocycles. The summed E-state index contributed by atoms with van der Waals surface area (Å²) in [5, 5.41) is 9.40. The van der Waals surface area contributed by atoms with Crippen LogP contribution in [0.4, 0.5) is 0 Å². The van der Waals surface area contributed by atoms with E-state index in [1.807, 2.05) is 36.0 Å². The van der Waals surface area contributed by atoms with Crippen LogP contribution >= 0.6 is 11.8 Å². The van der Waals surface area contributed by atoms with E-state index in [4.69, 9.17) is 9.84 Å². The maximum Gasteiger partial charge on any atom is 0.307 e. The van der Waals surface area contributed by atoms with Crippen LogP contribution in [-0.2, 0) is 16.0 Å². The molecule has 1 aliphatic heterocycles. The molecular weight excluding hydrogens is 272 g/mol. The molecule has 2 aliphatic rings. The molecule has 1 unspecified atom stereocenters. The van der Waals surface area contributed by atoms with Crippen molar-refractivity contribution in [2.75, 3.05) is 6.61 Å². The second-order valence-electron chi connectivity index (χ2n) is 5.83. The predicted molar refractivity (Wildman–Crippen MR) is 79.2 cm³/mol. The van der Waals surface area contributed by atoms with Crippen LogP contribution in [0.25, 0.3) is 0 Å². The summed E-state index contributed by atoms with van der Waals surface area (Å²) in [4.78, 5) is 11.9. The van der Waals surface area contributed by atoms with Gasteiger partial charge in [-0.2, -0.15) is 0 Å². The van der Waals surface area contributed by atoms with Crippen molar-refractivity contribution >= 4 is 17.7 Å². The lowest BCUT2D eigenvalue weighted by Crippen LogP contribution is -2.46. The first kappa shape index (κ1) is 14.0. The highest BCUT2D eigenvalue weighted by molar-refractivity contribution is 8.00. The van der Waals surface area contributed by atoms with E-state index in [1.54, 1.807) is 0 Å². The highest BCUT2D eigenvalue weighted by atomic mass is 32.2. The van der Waals surface area contributed by atoms with Crippen LogP contribution in [0.5, 0.6) is 0 Å². The van der Waals surface area contributed by atoms with Gasteiger partial charge in [0.1, 0.15) is 0 Å². The Labute approximate surface area is 123 Å². The minimum absolute atomic E-state index is 0.103. The lowest BCUT2D eigenvalue weighted by molar-refractivity contribution is -0.136. The summed E-state index contributed by atoms with van der Waals surface area (Å²) in [6.45, 7) is 0.884. The summed E-state index contributed by atoms with van der Waals surface area (Å²) in [5.74, 6) is -0.776. The van der Waals surface area contributed by atoms with Gasteiger partial charge in [0.2, 0.25) is 0 Å². The fraction of sp³-hybridized carbons (Fsp3) is 0.562. The highest BCUT2D eigenvalue weighted by Crippen LogP contribution is 2.46. The number of rotatable bonds is 4. The average molecular weight is 292 g/mol. The quantitative estimate of drug-likeness (QED) is 0.922. The van der Waals surface area contributed by atoms with Crippen LogP contribution in [0.3, 0.4) is 0 Å². The zero-order valence-corrected chi connectivity index (χ0v) is 12.3. The van der Waals surface area contributed by atoms with Gasteiger partial charge in [-0.15, -0.1) is 11.8 Å². The number of thioether (sulfide) groups is 1. The molecule has 3 nitrogen and oxygen atoms in total. The first-order chi connectivity index (χ1) is 9.65. The summed E-state index contributed by atoms with van der Waals surface area (Å²) in [6.07, 6.45) is 6.13. The molecule has 1 aromatic rings. The van der Waals surface area contributed by atoms with Gasteiger partial charge in [-0.05, 0) is 49.8 Å². The van der Waals surface area contributed by atoms with Gasteiger partial charge in [-0.1, -0.05) is 12.1 Å². The summed E-state index contributed by atoms with van der Waals surface area (Å²) >= 11 is 1.92. The van der Waals surface area contributed by atoms with Crippen molar-refractivity contribution < 1.29 is 14.6 Å². The normalized spacial score (nSPS) is 24.3. The summed E-state index contributed by atoms with van der Waals surface area (Å²) in [6, 6.07) is 7.95. The summed E-state index contributed by atoms with van der Waals surface area (Å²) in [5.41, 5.74) is 1.06. The average Bonchev–Trinajstić information content (AvgIpc) is 2.39. The number of carboxylic acids is 1. The molecular formula is C16H20O3S. The lowest BCUT2D eigenvalue weighted by Gasteiger charge is -2.47. The first-order valence-corrected chi connectivity index (χ1v) is 8.15. The van der Waals surface area contributed by atoms with Crippen LogP contribution in [0.1, 0.15) is 37.7 Å². The molecule has 1 saturated carbocycles. The fourth-order valence-corrected chi connectivity index (χ4v) is 4.34. The first-order valence-electron chi connectivity index (χ1n) is 7.27. The van der Waals surface area contributed by atoms with Crippen molar-refractivity contribution in [3.8, 4) is 0 Å². The molecule has 1 N–H and O–H groups in total. The Morgan fingerprint density at radius 3 is 2.70 bits per heavy atom. The molecule has 2 fully saturated rings. The molecule has 4 heteroatoms. The Bertz CT molecular complexity index is 479. The zero-order chi connectivity index (χ0) is 14.0. The van der Waals surface area contributed by atoms with Gasteiger partial charge in [0.15, 0.2) is 0 Å². The SMILES string of the molecule is O=C(O)Cc1ccc(SC2CCOC3(CCC3)C2)cc1. The van der Waals surface area contributed by atoms with Crippen molar-refractivity contribution in [2.45, 2.75) is 54.3 Å². The summed E-state index contributed by atoms with van der Waals surface area (Å²) < 4.78 is 5.95. The number of hydrogen-bond donors (Lipinski definition) is 1. The van der Waals surface area contributed by atoms with Crippen molar-refractivity contribution in [1.82, 2.24) is 0 Å². The Hall–Kier alpha value is -1.00. The van der Waals surface area contributed by atoms with Gasteiger partial charge in [-0.3, -0.25) is 4.79 Å². The molecule has 1 heterocycles. The number of aliphatic carboxylic acids is 1. The minimum Gasteiger partial charge on any atom is -0.481 e. The zero-order valence-electron chi connectivity index (χ0n) is 11.5. The van der Waals surface area contributed by atoms with E-state index in [9.17, 15) is 4.79 Å². The number of hydrogen-bond acceptors (Lipinski definition) is 3. The smallest absolute Gasteiger partial charge is 0.307 e. The second kappa shape index (κ2) is 5.78. The van der Waals surface area contributed by atoms with E-state index >= 15 is 0 Å². The second-order valence-corrected chi connectivity index (χ2v) is 7.21. The van der Waals surface area contributed by atoms with Crippen molar-refractivity contribution in [2.24, 2.45) is 0 Å². The van der Waals surface area contributed by atoms with Crippen LogP contribution in [0, 0.1) is 0 Å². The van der Waals surface area contributed by atoms with Crippen LogP contribution in [0.2, 0.25) is 0 Å². The molecule has 20 heavy (non-hydrogen) atoms. The fourth-order valence-electron chi connectivity index (χ4n) is 3.06. The third-order valence-electron chi connectivity index (χ3n) is 4.29. The van der Waals surface area contributed by atoms with Crippen molar-refractivity contribution in [1.29, 1.82) is 0 Å². The Balaban J connectivity index is 1.58. The van der Waals surface area contributed by atoms with Gasteiger partial charge in [-0.25, -0.2) is 0 Å². The van der Waals surface area contributed by atoms with Crippen molar-refractivity contribution in [3.63, 3.8) is 0 Å². The summed E-state index contributed by atoms with van der Waals surface area (Å²) in [7, 11) is 0. The molecule has 0 bridgehead atoms. The Kier molecular flexibility index (Phi) is 4.03. The van der Waals surface area contributed by atoms with Crippen LogP contribution in [0.15, 0.2) is 29.2 Å². The van der Waals surface area contributed by atoms with Gasteiger partial charge in [0.05, 0.1) is 12.0 Å². The number of ether oxygens (including phenoxy) is 1. The molecule has 1 aliphatic carbocycles. The molecule has 1 spiro atoms. The number of benzene rings is 1. The monoisotopic (exact) mass is 292 g/mol. The largest absolute Gasteiger partial charge is 0.481 e. The van der Waals surface area contributed by atoms with Gasteiger partial charge >= 0.3 is 5.97 Å². The van der Waals surface area contributed by atoms with Crippen LogP contribution in [-0.4, -0.2) is 28.5 Å². The van der Waals surface area contributed by atoms with E-state index in [0.29, 0.717) is 5.25 Å². The molecule has 0 amide bonds. The van der Waals surface area contributed by atoms with E-state index < -0.39 is 5.97 Å². The van der Waals surface area contributed by atoms with Gasteiger partial charge in [0.25, 0.3) is 0 Å². The molecule has 108 valence electrons. The lowest BCUT2D eigenvalue weighted by atomic mass is 9.75. The Morgan fingerprint density at radius 2 is 2.10 bits per heavy atom. The maximum atomic E-state index is 10.7. The molecule has 1 saturated heterocycles. The predicted octanol–water partition coefficient (Wildman–Crippen LogP) is 3.51. The molecule has 1 aromatic carbocycles. The standard InChI is InChI=1S/C16H20O3S/c17-15(18)10-12-2-4-13(5-3-12)20-14-6-9-19-16(11-14)7-1-8-16/h2-5,14H,1,6-11H2,(H,17,18). The third kappa shape index (κ3) is 3.18. The number of carboxylic acid groups (broad SMARTS) is 1. The van der Waals surface area contributed by atoms with E-state index in [2.05, 4.69) is 0 Å². The molecule has 1 atom stereocenters. The van der Waals surface area contributed by atoms with E-state index in [0.717, 1.165) is 25.0 Å². The molecule has 3 rings (SSSR count). The van der Waals surface area contributed by atoms with Gasteiger partial charge in [0, 0.05) is 16.8 Å². The van der Waals surface area contributed by atoms with E-state index in [-0.39, 0.29) is 12.0 Å². The van der Waals surface area contributed by atoms with Crippen molar-refractivity contribution in [3.05, 3.63) is 29.8 Å². The van der Waals surface area contributed by atoms with Crippen LogP contribution < -0.4 is 0 Å². The maximum absolute atomic E-state index is 10.7. The highest BCUT2D eigenvalue weighted by Gasteiger charge is 2.42. The minimum atomic E-state index is -0.776. The number of carbonyl (C=O) groups is 1. The van der Waals surface area contributed by atoms with Gasteiger partial charge < -0.3 is 9.84 Å². The Morgan fingerprint density at radius 1 is 1.35 bits per heavy atom. The molecule has 0 radical (unpaired) electrons.